The predicted molar refractivity (Wildman–Crippen MR) is 73.4 cm³/mol. The van der Waals surface area contributed by atoms with Gasteiger partial charge in [-0.1, -0.05) is 0 Å². The van der Waals surface area contributed by atoms with Gasteiger partial charge in [0.2, 0.25) is 0 Å². The summed E-state index contributed by atoms with van der Waals surface area (Å²) in [5.41, 5.74) is 7.98. The van der Waals surface area contributed by atoms with Crippen molar-refractivity contribution in [2.75, 3.05) is 19.6 Å². The van der Waals surface area contributed by atoms with E-state index in [4.69, 9.17) is 10.7 Å². The first-order valence-electron chi connectivity index (χ1n) is 6.18. The molecule has 2 aromatic rings. The summed E-state index contributed by atoms with van der Waals surface area (Å²) < 4.78 is 0. The van der Waals surface area contributed by atoms with Gasteiger partial charge in [0, 0.05) is 55.4 Å². The van der Waals surface area contributed by atoms with Crippen molar-refractivity contribution in [1.29, 1.82) is 0 Å². The molecule has 0 aliphatic carbocycles. The molecule has 1 aliphatic heterocycles. The van der Waals surface area contributed by atoms with Crippen LogP contribution in [-0.2, 0) is 13.0 Å². The summed E-state index contributed by atoms with van der Waals surface area (Å²) in [5, 5.41) is 1.09. The van der Waals surface area contributed by atoms with Gasteiger partial charge < -0.3 is 5.73 Å². The highest BCUT2D eigenvalue weighted by atomic mass is 32.1. The van der Waals surface area contributed by atoms with E-state index in [1.165, 1.54) is 10.6 Å². The fourth-order valence-corrected chi connectivity index (χ4v) is 3.38. The van der Waals surface area contributed by atoms with Crippen LogP contribution in [-0.4, -0.2) is 34.5 Å². The first-order chi connectivity index (χ1) is 8.86. The first-order valence-corrected chi connectivity index (χ1v) is 7.00. The standard InChI is InChI=1S/C13H16N4S/c14-4-7-17-6-3-11-12(9-17)18-13(16-11)10-2-1-5-15-8-10/h1-2,5,8H,3-4,6-7,9,14H2. The molecule has 0 atom stereocenters. The summed E-state index contributed by atoms with van der Waals surface area (Å²) in [6.07, 6.45) is 4.70. The number of rotatable bonds is 3. The molecule has 0 saturated carbocycles. The van der Waals surface area contributed by atoms with Crippen molar-refractivity contribution in [3.05, 3.63) is 35.1 Å². The monoisotopic (exact) mass is 260 g/mol. The Morgan fingerprint density at radius 2 is 2.39 bits per heavy atom. The molecule has 0 fully saturated rings. The third-order valence-corrected chi connectivity index (χ3v) is 4.30. The molecule has 4 nitrogen and oxygen atoms in total. The number of aromatic nitrogens is 2. The molecular weight excluding hydrogens is 244 g/mol. The molecule has 2 N–H and O–H groups in total. The Balaban J connectivity index is 1.85. The Morgan fingerprint density at radius 3 is 3.17 bits per heavy atom. The Morgan fingerprint density at radius 1 is 1.44 bits per heavy atom. The lowest BCUT2D eigenvalue weighted by atomic mass is 10.2. The Bertz CT molecular complexity index is 523. The Labute approximate surface area is 110 Å². The molecule has 2 aromatic heterocycles. The highest BCUT2D eigenvalue weighted by Crippen LogP contribution is 2.30. The minimum absolute atomic E-state index is 0.726. The van der Waals surface area contributed by atoms with E-state index in [1.807, 2.05) is 12.3 Å². The van der Waals surface area contributed by atoms with Gasteiger partial charge in [-0.3, -0.25) is 9.88 Å². The molecule has 3 rings (SSSR count). The van der Waals surface area contributed by atoms with Crippen molar-refractivity contribution in [3.63, 3.8) is 0 Å². The number of nitrogens with zero attached hydrogens (tertiary/aromatic N) is 3. The predicted octanol–water partition coefficient (Wildman–Crippen LogP) is 1.52. The van der Waals surface area contributed by atoms with Gasteiger partial charge >= 0.3 is 0 Å². The van der Waals surface area contributed by atoms with E-state index in [2.05, 4.69) is 16.0 Å². The molecule has 3 heterocycles. The maximum Gasteiger partial charge on any atom is 0.125 e. The molecule has 0 aromatic carbocycles. The van der Waals surface area contributed by atoms with Crippen molar-refractivity contribution in [2.45, 2.75) is 13.0 Å². The molecule has 5 heteroatoms. The minimum Gasteiger partial charge on any atom is -0.329 e. The SMILES string of the molecule is NCCN1CCc2nc(-c3cccnc3)sc2C1. The van der Waals surface area contributed by atoms with Crippen LogP contribution in [0.15, 0.2) is 24.5 Å². The number of fused-ring (bicyclic) bond motifs is 1. The lowest BCUT2D eigenvalue weighted by Crippen LogP contribution is -2.33. The molecule has 0 unspecified atom stereocenters. The lowest BCUT2D eigenvalue weighted by molar-refractivity contribution is 0.263. The number of hydrogen-bond acceptors (Lipinski definition) is 5. The van der Waals surface area contributed by atoms with Crippen LogP contribution >= 0.6 is 11.3 Å². The van der Waals surface area contributed by atoms with Gasteiger partial charge in [-0.05, 0) is 12.1 Å². The molecule has 0 amide bonds. The topological polar surface area (TPSA) is 55.0 Å². The van der Waals surface area contributed by atoms with Crippen molar-refractivity contribution >= 4 is 11.3 Å². The van der Waals surface area contributed by atoms with Crippen molar-refractivity contribution in [3.8, 4) is 10.6 Å². The summed E-state index contributed by atoms with van der Waals surface area (Å²) in [6, 6.07) is 4.02. The fraction of sp³-hybridized carbons (Fsp3) is 0.385. The molecular formula is C13H16N4S. The largest absolute Gasteiger partial charge is 0.329 e. The van der Waals surface area contributed by atoms with Gasteiger partial charge in [0.1, 0.15) is 5.01 Å². The third kappa shape index (κ3) is 2.29. The van der Waals surface area contributed by atoms with Gasteiger partial charge in [0.05, 0.1) is 5.69 Å². The van der Waals surface area contributed by atoms with E-state index in [0.29, 0.717) is 0 Å². The second-order valence-corrected chi connectivity index (χ2v) is 5.53. The third-order valence-electron chi connectivity index (χ3n) is 3.16. The van der Waals surface area contributed by atoms with Gasteiger partial charge in [0.15, 0.2) is 0 Å². The average Bonchev–Trinajstić information content (AvgIpc) is 2.83. The number of hydrogen-bond donors (Lipinski definition) is 1. The average molecular weight is 260 g/mol. The van der Waals surface area contributed by atoms with E-state index < -0.39 is 0 Å². The van der Waals surface area contributed by atoms with Gasteiger partial charge in [-0.15, -0.1) is 11.3 Å². The minimum atomic E-state index is 0.726. The summed E-state index contributed by atoms with van der Waals surface area (Å²) in [6.45, 7) is 3.76. The zero-order valence-electron chi connectivity index (χ0n) is 10.2. The number of pyridine rings is 1. The summed E-state index contributed by atoms with van der Waals surface area (Å²) in [7, 11) is 0. The Hall–Kier alpha value is -1.30. The van der Waals surface area contributed by atoms with Crippen LogP contribution in [0.25, 0.3) is 10.6 Å². The highest BCUT2D eigenvalue weighted by molar-refractivity contribution is 7.15. The van der Waals surface area contributed by atoms with Gasteiger partial charge in [-0.2, -0.15) is 0 Å². The quantitative estimate of drug-likeness (QED) is 0.909. The molecule has 0 spiro atoms. The van der Waals surface area contributed by atoms with Crippen LogP contribution in [0.2, 0.25) is 0 Å². The van der Waals surface area contributed by atoms with Crippen molar-refractivity contribution in [2.24, 2.45) is 5.73 Å². The second-order valence-electron chi connectivity index (χ2n) is 4.45. The highest BCUT2D eigenvalue weighted by Gasteiger charge is 2.20. The number of thiazole rings is 1. The maximum absolute atomic E-state index is 5.61. The lowest BCUT2D eigenvalue weighted by Gasteiger charge is -2.24. The van der Waals surface area contributed by atoms with E-state index >= 15 is 0 Å². The smallest absolute Gasteiger partial charge is 0.125 e. The summed E-state index contributed by atoms with van der Waals surface area (Å²) in [4.78, 5) is 12.7. The van der Waals surface area contributed by atoms with Gasteiger partial charge in [0.25, 0.3) is 0 Å². The van der Waals surface area contributed by atoms with Crippen molar-refractivity contribution in [1.82, 2.24) is 14.9 Å². The van der Waals surface area contributed by atoms with Crippen LogP contribution in [0.3, 0.4) is 0 Å². The zero-order chi connectivity index (χ0) is 12.4. The Kier molecular flexibility index (Phi) is 3.36. The van der Waals surface area contributed by atoms with Crippen molar-refractivity contribution < 1.29 is 0 Å². The maximum atomic E-state index is 5.61. The molecule has 0 saturated heterocycles. The summed E-state index contributed by atoms with van der Waals surface area (Å²) in [5.74, 6) is 0. The zero-order valence-corrected chi connectivity index (χ0v) is 11.0. The van der Waals surface area contributed by atoms with Crippen LogP contribution in [0.4, 0.5) is 0 Å². The van der Waals surface area contributed by atoms with Crippen LogP contribution in [0.1, 0.15) is 10.6 Å². The first kappa shape index (κ1) is 11.8. The van der Waals surface area contributed by atoms with Gasteiger partial charge in [-0.25, -0.2) is 4.98 Å². The second kappa shape index (κ2) is 5.14. The van der Waals surface area contributed by atoms with E-state index in [9.17, 15) is 0 Å². The molecule has 1 aliphatic rings. The normalized spacial score (nSPS) is 15.6. The molecule has 94 valence electrons. The van der Waals surface area contributed by atoms with Crippen LogP contribution < -0.4 is 5.73 Å². The molecule has 18 heavy (non-hydrogen) atoms. The van der Waals surface area contributed by atoms with E-state index in [0.717, 1.165) is 43.2 Å². The van der Waals surface area contributed by atoms with Crippen LogP contribution in [0.5, 0.6) is 0 Å². The molecule has 0 bridgehead atoms. The number of nitrogens with two attached hydrogens (primary N) is 1. The van der Waals surface area contributed by atoms with E-state index in [1.54, 1.807) is 17.5 Å². The summed E-state index contributed by atoms with van der Waals surface area (Å²) >= 11 is 1.78. The van der Waals surface area contributed by atoms with Crippen LogP contribution in [0, 0.1) is 0 Å². The van der Waals surface area contributed by atoms with E-state index in [-0.39, 0.29) is 0 Å². The fourth-order valence-electron chi connectivity index (χ4n) is 2.23. The molecule has 0 radical (unpaired) electrons.